The number of aromatic amines is 1. The van der Waals surface area contributed by atoms with E-state index in [1.165, 1.54) is 31.6 Å². The van der Waals surface area contributed by atoms with Crippen LogP contribution in [0.15, 0.2) is 30.6 Å². The Kier molecular flexibility index (Phi) is 3.46. The second-order valence-electron chi connectivity index (χ2n) is 3.72. The quantitative estimate of drug-likeness (QED) is 0.754. The fourth-order valence-electron chi connectivity index (χ4n) is 1.53. The Morgan fingerprint density at radius 2 is 2.16 bits per heavy atom. The Morgan fingerprint density at radius 1 is 1.37 bits per heavy atom. The van der Waals surface area contributed by atoms with Crippen LogP contribution >= 0.6 is 0 Å². The molecule has 19 heavy (non-hydrogen) atoms. The summed E-state index contributed by atoms with van der Waals surface area (Å²) in [6, 6.07) is 4.54. The van der Waals surface area contributed by atoms with Crippen LogP contribution in [-0.4, -0.2) is 29.1 Å². The predicted octanol–water partition coefficient (Wildman–Crippen LogP) is 0.769. The number of aromatic nitrogens is 2. The van der Waals surface area contributed by atoms with Crippen LogP contribution in [0.2, 0.25) is 0 Å². The smallest absolute Gasteiger partial charge is 0.258 e. The van der Waals surface area contributed by atoms with Gasteiger partial charge in [0.1, 0.15) is 5.75 Å². The Bertz CT molecular complexity index is 607. The number of carbonyl (C=O) groups excluding carboxylic acids is 2. The molecule has 0 saturated carbocycles. The summed E-state index contributed by atoms with van der Waals surface area (Å²) in [4.78, 5) is 23.0. The number of nitrogens with two attached hydrogens (primary N) is 1. The van der Waals surface area contributed by atoms with E-state index < -0.39 is 5.91 Å². The number of amides is 2. The van der Waals surface area contributed by atoms with Crippen molar-refractivity contribution in [2.75, 3.05) is 12.4 Å². The third kappa shape index (κ3) is 2.71. The fraction of sp³-hybridized carbons (Fsp3) is 0.0833. The van der Waals surface area contributed by atoms with E-state index in [4.69, 9.17) is 10.5 Å². The lowest BCUT2D eigenvalue weighted by Gasteiger charge is -2.10. The average Bonchev–Trinajstić information content (AvgIpc) is 2.92. The van der Waals surface area contributed by atoms with Crippen molar-refractivity contribution in [1.82, 2.24) is 10.2 Å². The molecule has 0 aliphatic rings. The molecule has 1 heterocycles. The van der Waals surface area contributed by atoms with Crippen molar-refractivity contribution in [3.05, 3.63) is 41.7 Å². The number of methoxy groups -OCH3 is 1. The maximum absolute atomic E-state index is 11.9. The van der Waals surface area contributed by atoms with Gasteiger partial charge in [0.25, 0.3) is 5.91 Å². The molecule has 2 rings (SSSR count). The molecule has 0 saturated heterocycles. The van der Waals surface area contributed by atoms with Gasteiger partial charge in [-0.2, -0.15) is 5.10 Å². The number of hydrogen-bond acceptors (Lipinski definition) is 4. The van der Waals surface area contributed by atoms with Gasteiger partial charge in [-0.15, -0.1) is 0 Å². The highest BCUT2D eigenvalue weighted by molar-refractivity contribution is 6.05. The van der Waals surface area contributed by atoms with Gasteiger partial charge >= 0.3 is 0 Å². The SMILES string of the molecule is COc1ccc(C(N)=O)cc1NC(=O)c1cn[nH]c1. The van der Waals surface area contributed by atoms with E-state index in [-0.39, 0.29) is 11.5 Å². The van der Waals surface area contributed by atoms with Crippen LogP contribution in [0.3, 0.4) is 0 Å². The molecule has 0 aliphatic carbocycles. The first-order chi connectivity index (χ1) is 9.11. The van der Waals surface area contributed by atoms with Crippen LogP contribution in [0.1, 0.15) is 20.7 Å². The van der Waals surface area contributed by atoms with Crippen molar-refractivity contribution in [1.29, 1.82) is 0 Å². The van der Waals surface area contributed by atoms with E-state index in [0.29, 0.717) is 17.0 Å². The van der Waals surface area contributed by atoms with Gasteiger partial charge in [0.15, 0.2) is 0 Å². The molecule has 7 nitrogen and oxygen atoms in total. The molecule has 0 bridgehead atoms. The maximum Gasteiger partial charge on any atom is 0.258 e. The van der Waals surface area contributed by atoms with E-state index in [9.17, 15) is 9.59 Å². The Labute approximate surface area is 108 Å². The van der Waals surface area contributed by atoms with Crippen LogP contribution in [0.25, 0.3) is 0 Å². The van der Waals surface area contributed by atoms with Gasteiger partial charge in [0.2, 0.25) is 5.91 Å². The molecule has 2 aromatic rings. The fourth-order valence-corrected chi connectivity index (χ4v) is 1.53. The van der Waals surface area contributed by atoms with Crippen molar-refractivity contribution < 1.29 is 14.3 Å². The van der Waals surface area contributed by atoms with E-state index in [1.54, 1.807) is 6.07 Å². The van der Waals surface area contributed by atoms with E-state index in [1.807, 2.05) is 0 Å². The third-order valence-corrected chi connectivity index (χ3v) is 2.49. The first-order valence-electron chi connectivity index (χ1n) is 5.40. The number of primary amides is 1. The van der Waals surface area contributed by atoms with Crippen LogP contribution in [0.4, 0.5) is 5.69 Å². The Morgan fingerprint density at radius 3 is 2.74 bits per heavy atom. The molecule has 1 aromatic heterocycles. The largest absolute Gasteiger partial charge is 0.495 e. The van der Waals surface area contributed by atoms with Gasteiger partial charge in [0.05, 0.1) is 24.6 Å². The van der Waals surface area contributed by atoms with Crippen LogP contribution < -0.4 is 15.8 Å². The topological polar surface area (TPSA) is 110 Å². The molecule has 0 atom stereocenters. The molecular weight excluding hydrogens is 248 g/mol. The highest BCUT2D eigenvalue weighted by atomic mass is 16.5. The summed E-state index contributed by atoms with van der Waals surface area (Å²) in [6.45, 7) is 0. The predicted molar refractivity (Wildman–Crippen MR) is 68.1 cm³/mol. The van der Waals surface area contributed by atoms with Gasteiger partial charge in [-0.1, -0.05) is 0 Å². The Hall–Kier alpha value is -2.83. The molecule has 0 radical (unpaired) electrons. The lowest BCUT2D eigenvalue weighted by Crippen LogP contribution is -2.14. The zero-order chi connectivity index (χ0) is 13.8. The van der Waals surface area contributed by atoms with Gasteiger partial charge in [-0.05, 0) is 18.2 Å². The zero-order valence-corrected chi connectivity index (χ0v) is 10.1. The van der Waals surface area contributed by atoms with Crippen molar-refractivity contribution in [3.8, 4) is 5.75 Å². The third-order valence-electron chi connectivity index (χ3n) is 2.49. The number of H-pyrrole nitrogens is 1. The summed E-state index contributed by atoms with van der Waals surface area (Å²) >= 11 is 0. The van der Waals surface area contributed by atoms with Crippen LogP contribution in [0, 0.1) is 0 Å². The minimum absolute atomic E-state index is 0.281. The van der Waals surface area contributed by atoms with Crippen molar-refractivity contribution in [2.24, 2.45) is 5.73 Å². The van der Waals surface area contributed by atoms with Crippen molar-refractivity contribution in [3.63, 3.8) is 0 Å². The second-order valence-corrected chi connectivity index (χ2v) is 3.72. The van der Waals surface area contributed by atoms with Crippen molar-refractivity contribution >= 4 is 17.5 Å². The van der Waals surface area contributed by atoms with Gasteiger partial charge in [-0.3, -0.25) is 14.7 Å². The second kappa shape index (κ2) is 5.21. The summed E-state index contributed by atoms with van der Waals surface area (Å²) in [5.74, 6) is -0.517. The molecule has 98 valence electrons. The van der Waals surface area contributed by atoms with E-state index in [0.717, 1.165) is 0 Å². The lowest BCUT2D eigenvalue weighted by atomic mass is 10.1. The van der Waals surface area contributed by atoms with Gasteiger partial charge in [0, 0.05) is 11.8 Å². The normalized spacial score (nSPS) is 9.95. The summed E-state index contributed by atoms with van der Waals surface area (Å²) in [5, 5.41) is 8.85. The number of nitrogens with zero attached hydrogens (tertiary/aromatic N) is 1. The minimum atomic E-state index is -0.582. The highest BCUT2D eigenvalue weighted by Gasteiger charge is 2.12. The molecule has 0 spiro atoms. The molecule has 0 aliphatic heterocycles. The first kappa shape index (κ1) is 12.6. The molecule has 7 heteroatoms. The molecule has 0 unspecified atom stereocenters. The molecule has 0 fully saturated rings. The summed E-state index contributed by atoms with van der Waals surface area (Å²) in [6.07, 6.45) is 2.85. The number of benzene rings is 1. The van der Waals surface area contributed by atoms with Gasteiger partial charge in [-0.25, -0.2) is 0 Å². The standard InChI is InChI=1S/C12H12N4O3/c1-19-10-3-2-7(11(13)17)4-9(10)16-12(18)8-5-14-15-6-8/h2-6H,1H3,(H2,13,17)(H,14,15)(H,16,18). The summed E-state index contributed by atoms with van der Waals surface area (Å²) < 4.78 is 5.11. The Balaban J connectivity index is 2.30. The highest BCUT2D eigenvalue weighted by Crippen LogP contribution is 2.25. The summed E-state index contributed by atoms with van der Waals surface area (Å²) in [7, 11) is 1.47. The molecule has 1 aromatic carbocycles. The van der Waals surface area contributed by atoms with Gasteiger partial charge < -0.3 is 15.8 Å². The number of nitrogens with one attached hydrogen (secondary N) is 2. The number of rotatable bonds is 4. The number of carbonyl (C=O) groups is 2. The average molecular weight is 260 g/mol. The number of anilines is 1. The number of hydrogen-bond donors (Lipinski definition) is 3. The molecule has 4 N–H and O–H groups in total. The van der Waals surface area contributed by atoms with Crippen LogP contribution in [0.5, 0.6) is 5.75 Å². The number of ether oxygens (including phenoxy) is 1. The minimum Gasteiger partial charge on any atom is -0.495 e. The van der Waals surface area contributed by atoms with Crippen LogP contribution in [-0.2, 0) is 0 Å². The summed E-state index contributed by atoms with van der Waals surface area (Å²) in [5.41, 5.74) is 6.21. The monoisotopic (exact) mass is 260 g/mol. The molecule has 2 amide bonds. The zero-order valence-electron chi connectivity index (χ0n) is 10.1. The maximum atomic E-state index is 11.9. The van der Waals surface area contributed by atoms with Crippen molar-refractivity contribution in [2.45, 2.75) is 0 Å². The lowest BCUT2D eigenvalue weighted by molar-refractivity contribution is 0.0996. The first-order valence-corrected chi connectivity index (χ1v) is 5.40. The molecular formula is C12H12N4O3. The van der Waals surface area contributed by atoms with E-state index in [2.05, 4.69) is 15.5 Å². The van der Waals surface area contributed by atoms with E-state index >= 15 is 0 Å².